The van der Waals surface area contributed by atoms with Gasteiger partial charge in [0.1, 0.15) is 5.75 Å². The standard InChI is InChI=1S/C15H15NO2/c17-14-8-4-5-12(9-14)10-15(18)11-16-13-6-2-1-3-7-13/h1-9,16-17H,10-11H2. The van der Waals surface area contributed by atoms with Crippen LogP contribution in [0.5, 0.6) is 5.75 Å². The quantitative estimate of drug-likeness (QED) is 0.846. The van der Waals surface area contributed by atoms with Crippen molar-refractivity contribution in [1.29, 1.82) is 0 Å². The topological polar surface area (TPSA) is 49.3 Å². The van der Waals surface area contributed by atoms with Gasteiger partial charge in [-0.15, -0.1) is 0 Å². The van der Waals surface area contributed by atoms with E-state index < -0.39 is 0 Å². The molecule has 2 aromatic rings. The molecule has 0 bridgehead atoms. The maximum Gasteiger partial charge on any atom is 0.156 e. The van der Waals surface area contributed by atoms with E-state index in [1.807, 2.05) is 36.4 Å². The number of aromatic hydroxyl groups is 1. The number of carbonyl (C=O) groups is 1. The van der Waals surface area contributed by atoms with Gasteiger partial charge in [0.15, 0.2) is 5.78 Å². The predicted molar refractivity (Wildman–Crippen MR) is 71.7 cm³/mol. The molecule has 0 atom stereocenters. The SMILES string of the molecule is O=C(CNc1ccccc1)Cc1cccc(O)c1. The summed E-state index contributed by atoms with van der Waals surface area (Å²) in [6, 6.07) is 16.4. The number of phenolic OH excluding ortho intramolecular Hbond substituents is 1. The van der Waals surface area contributed by atoms with Gasteiger partial charge in [0.25, 0.3) is 0 Å². The van der Waals surface area contributed by atoms with Crippen molar-refractivity contribution in [1.82, 2.24) is 0 Å². The van der Waals surface area contributed by atoms with Crippen molar-refractivity contribution >= 4 is 11.5 Å². The van der Waals surface area contributed by atoms with Crippen molar-refractivity contribution in [2.45, 2.75) is 6.42 Å². The number of phenols is 1. The molecule has 0 saturated carbocycles. The van der Waals surface area contributed by atoms with E-state index in [0.29, 0.717) is 13.0 Å². The molecular weight excluding hydrogens is 226 g/mol. The van der Waals surface area contributed by atoms with Crippen molar-refractivity contribution in [3.63, 3.8) is 0 Å². The number of ketones is 1. The van der Waals surface area contributed by atoms with E-state index >= 15 is 0 Å². The summed E-state index contributed by atoms with van der Waals surface area (Å²) in [7, 11) is 0. The van der Waals surface area contributed by atoms with Crippen molar-refractivity contribution in [2.75, 3.05) is 11.9 Å². The minimum absolute atomic E-state index is 0.0875. The Kier molecular flexibility index (Phi) is 3.97. The van der Waals surface area contributed by atoms with Crippen molar-refractivity contribution < 1.29 is 9.90 Å². The summed E-state index contributed by atoms with van der Waals surface area (Å²) in [6.07, 6.45) is 0.328. The molecule has 2 aromatic carbocycles. The number of hydrogen-bond acceptors (Lipinski definition) is 3. The molecule has 0 spiro atoms. The molecule has 0 aliphatic rings. The van der Waals surface area contributed by atoms with Gasteiger partial charge in [0, 0.05) is 12.1 Å². The fourth-order valence-corrected chi connectivity index (χ4v) is 1.71. The molecule has 0 heterocycles. The number of nitrogens with one attached hydrogen (secondary N) is 1. The minimum Gasteiger partial charge on any atom is -0.508 e. The van der Waals surface area contributed by atoms with Crippen LogP contribution in [0.3, 0.4) is 0 Å². The van der Waals surface area contributed by atoms with Crippen LogP contribution >= 0.6 is 0 Å². The van der Waals surface area contributed by atoms with Gasteiger partial charge in [0.05, 0.1) is 6.54 Å². The molecular formula is C15H15NO2. The summed E-state index contributed by atoms with van der Waals surface area (Å²) >= 11 is 0. The Bertz CT molecular complexity index is 523. The zero-order valence-corrected chi connectivity index (χ0v) is 9.97. The van der Waals surface area contributed by atoms with Crippen LogP contribution in [0.2, 0.25) is 0 Å². The maximum absolute atomic E-state index is 11.8. The lowest BCUT2D eigenvalue weighted by Gasteiger charge is -2.05. The number of Topliss-reactive ketones (excluding diaryl/α,β-unsaturated/α-hetero) is 1. The highest BCUT2D eigenvalue weighted by Crippen LogP contribution is 2.11. The first-order chi connectivity index (χ1) is 8.74. The molecule has 0 amide bonds. The van der Waals surface area contributed by atoms with Gasteiger partial charge in [-0.1, -0.05) is 30.3 Å². The molecule has 0 fully saturated rings. The molecule has 2 N–H and O–H groups in total. The maximum atomic E-state index is 11.8. The van der Waals surface area contributed by atoms with Gasteiger partial charge in [-0.2, -0.15) is 0 Å². The number of benzene rings is 2. The fraction of sp³-hybridized carbons (Fsp3) is 0.133. The van der Waals surface area contributed by atoms with Crippen LogP contribution in [-0.4, -0.2) is 17.4 Å². The van der Waals surface area contributed by atoms with E-state index in [1.165, 1.54) is 0 Å². The second-order valence-electron chi connectivity index (χ2n) is 4.10. The first-order valence-electron chi connectivity index (χ1n) is 5.82. The molecule has 0 aliphatic heterocycles. The Morgan fingerprint density at radius 1 is 1.06 bits per heavy atom. The van der Waals surface area contributed by atoms with Gasteiger partial charge in [-0.25, -0.2) is 0 Å². The molecule has 92 valence electrons. The van der Waals surface area contributed by atoms with Crippen LogP contribution in [0.25, 0.3) is 0 Å². The van der Waals surface area contributed by atoms with Crippen molar-refractivity contribution in [3.8, 4) is 5.75 Å². The largest absolute Gasteiger partial charge is 0.508 e. The zero-order chi connectivity index (χ0) is 12.8. The van der Waals surface area contributed by atoms with Gasteiger partial charge in [-0.05, 0) is 29.8 Å². The Morgan fingerprint density at radius 2 is 1.83 bits per heavy atom. The van der Waals surface area contributed by atoms with Crippen molar-refractivity contribution in [2.24, 2.45) is 0 Å². The molecule has 0 radical (unpaired) electrons. The number of para-hydroxylation sites is 1. The summed E-state index contributed by atoms with van der Waals surface area (Å²) in [5.41, 5.74) is 1.76. The fourth-order valence-electron chi connectivity index (χ4n) is 1.71. The summed E-state index contributed by atoms with van der Waals surface area (Å²) < 4.78 is 0. The lowest BCUT2D eigenvalue weighted by atomic mass is 10.1. The smallest absolute Gasteiger partial charge is 0.156 e. The van der Waals surface area contributed by atoms with Gasteiger partial charge < -0.3 is 10.4 Å². The first kappa shape index (κ1) is 12.2. The van der Waals surface area contributed by atoms with E-state index in [2.05, 4.69) is 5.32 Å². The van der Waals surface area contributed by atoms with Crippen LogP contribution < -0.4 is 5.32 Å². The van der Waals surface area contributed by atoms with Crippen LogP contribution in [0, 0.1) is 0 Å². The second-order valence-corrected chi connectivity index (χ2v) is 4.10. The van der Waals surface area contributed by atoms with E-state index in [0.717, 1.165) is 11.3 Å². The second kappa shape index (κ2) is 5.87. The van der Waals surface area contributed by atoms with Crippen LogP contribution in [-0.2, 0) is 11.2 Å². The summed E-state index contributed by atoms with van der Waals surface area (Å²) in [5.74, 6) is 0.278. The molecule has 0 saturated heterocycles. The lowest BCUT2D eigenvalue weighted by Crippen LogP contribution is -2.15. The Labute approximate surface area is 106 Å². The lowest BCUT2D eigenvalue weighted by molar-refractivity contribution is -0.116. The van der Waals surface area contributed by atoms with E-state index in [4.69, 9.17) is 0 Å². The van der Waals surface area contributed by atoms with Crippen LogP contribution in [0.1, 0.15) is 5.56 Å². The minimum atomic E-state index is 0.0875. The average Bonchev–Trinajstić information content (AvgIpc) is 2.38. The zero-order valence-electron chi connectivity index (χ0n) is 9.97. The number of hydrogen-bond donors (Lipinski definition) is 2. The number of carbonyl (C=O) groups excluding carboxylic acids is 1. The molecule has 2 rings (SSSR count). The van der Waals surface area contributed by atoms with Gasteiger partial charge in [-0.3, -0.25) is 4.79 Å². The van der Waals surface area contributed by atoms with Crippen LogP contribution in [0.4, 0.5) is 5.69 Å². The molecule has 0 aromatic heterocycles. The molecule has 3 nitrogen and oxygen atoms in total. The molecule has 18 heavy (non-hydrogen) atoms. The summed E-state index contributed by atoms with van der Waals surface area (Å²) in [4.78, 5) is 11.8. The third-order valence-corrected chi connectivity index (χ3v) is 2.58. The first-order valence-corrected chi connectivity index (χ1v) is 5.82. The highest BCUT2D eigenvalue weighted by Gasteiger charge is 2.04. The Morgan fingerprint density at radius 3 is 2.56 bits per heavy atom. The highest BCUT2D eigenvalue weighted by molar-refractivity contribution is 5.85. The molecule has 0 aliphatic carbocycles. The Hall–Kier alpha value is -2.29. The van der Waals surface area contributed by atoms with Gasteiger partial charge in [0.2, 0.25) is 0 Å². The predicted octanol–water partition coefficient (Wildman–Crippen LogP) is 2.62. The third-order valence-electron chi connectivity index (χ3n) is 2.58. The normalized spacial score (nSPS) is 10.0. The molecule has 0 unspecified atom stereocenters. The van der Waals surface area contributed by atoms with E-state index in [-0.39, 0.29) is 11.5 Å². The Balaban J connectivity index is 1.86. The molecule has 3 heteroatoms. The van der Waals surface area contributed by atoms with Crippen LogP contribution in [0.15, 0.2) is 54.6 Å². The van der Waals surface area contributed by atoms with Crippen molar-refractivity contribution in [3.05, 3.63) is 60.2 Å². The summed E-state index contributed by atoms with van der Waals surface area (Å²) in [6.45, 7) is 0.291. The monoisotopic (exact) mass is 241 g/mol. The van der Waals surface area contributed by atoms with E-state index in [1.54, 1.807) is 18.2 Å². The number of anilines is 1. The number of rotatable bonds is 5. The van der Waals surface area contributed by atoms with Gasteiger partial charge >= 0.3 is 0 Å². The van der Waals surface area contributed by atoms with E-state index in [9.17, 15) is 9.90 Å². The summed E-state index contributed by atoms with van der Waals surface area (Å²) in [5, 5.41) is 12.4. The average molecular weight is 241 g/mol. The third kappa shape index (κ3) is 3.63. The highest BCUT2D eigenvalue weighted by atomic mass is 16.3.